The van der Waals surface area contributed by atoms with Crippen molar-refractivity contribution in [2.24, 2.45) is 11.5 Å². The van der Waals surface area contributed by atoms with Crippen molar-refractivity contribution in [1.29, 1.82) is 0 Å². The van der Waals surface area contributed by atoms with Crippen LogP contribution in [0.3, 0.4) is 0 Å². The molecule has 1 aliphatic carbocycles. The third kappa shape index (κ3) is 4.75. The molecule has 0 atom stereocenters. The summed E-state index contributed by atoms with van der Waals surface area (Å²) in [5.41, 5.74) is 10.3. The van der Waals surface area contributed by atoms with Gasteiger partial charge in [-0.1, -0.05) is 0 Å². The first-order chi connectivity index (χ1) is 8.38. The Balaban J connectivity index is 0.000000411. The lowest BCUT2D eigenvalue weighted by atomic mass is 9.85. The summed E-state index contributed by atoms with van der Waals surface area (Å²) < 4.78 is 0. The van der Waals surface area contributed by atoms with Crippen molar-refractivity contribution in [3.05, 3.63) is 0 Å². The second kappa shape index (κ2) is 8.73. The predicted molar refractivity (Wildman–Crippen MR) is 63.4 cm³/mol. The van der Waals surface area contributed by atoms with Crippen LogP contribution < -0.4 is 11.5 Å². The second-order valence-electron chi connectivity index (χ2n) is 4.23. The van der Waals surface area contributed by atoms with Crippen molar-refractivity contribution in [1.82, 2.24) is 0 Å². The average molecular weight is 268 g/mol. The molecule has 0 bridgehead atoms. The molecule has 1 fully saturated rings. The fraction of sp³-hybridized carbons (Fsp3) is 1.00. The van der Waals surface area contributed by atoms with Crippen LogP contribution in [0.25, 0.3) is 0 Å². The smallest absolute Gasteiger partial charge is 0.111 e. The first-order valence-electron chi connectivity index (χ1n) is 5.87. The van der Waals surface area contributed by atoms with Crippen molar-refractivity contribution in [3.63, 3.8) is 0 Å². The van der Waals surface area contributed by atoms with Crippen LogP contribution in [0.5, 0.6) is 0 Å². The zero-order chi connectivity index (χ0) is 14.3. The fourth-order valence-electron chi connectivity index (χ4n) is 1.50. The van der Waals surface area contributed by atoms with E-state index in [1.165, 1.54) is 0 Å². The Kier molecular flexibility index (Phi) is 8.57. The van der Waals surface area contributed by atoms with Crippen LogP contribution in [-0.2, 0) is 0 Å². The van der Waals surface area contributed by atoms with Crippen LogP contribution in [0.4, 0.5) is 0 Å². The molecular formula is C10H24N2O6. The van der Waals surface area contributed by atoms with E-state index in [1.807, 2.05) is 0 Å². The molecule has 10 N–H and O–H groups in total. The summed E-state index contributed by atoms with van der Waals surface area (Å²) in [5, 5.41) is 53.8. The van der Waals surface area contributed by atoms with Crippen molar-refractivity contribution in [2.45, 2.75) is 49.5 Å². The topological polar surface area (TPSA) is 173 Å². The predicted octanol–water partition coefficient (Wildman–Crippen LogP) is -4.15. The highest BCUT2D eigenvalue weighted by molar-refractivity contribution is 4.98. The second-order valence-corrected chi connectivity index (χ2v) is 4.23. The monoisotopic (exact) mass is 268 g/mol. The first kappa shape index (κ1) is 17.7. The molecule has 0 aliphatic heterocycles. The lowest BCUT2D eigenvalue weighted by Gasteiger charge is -2.39. The molecule has 0 amide bonds. The molecule has 0 aromatic carbocycles. The van der Waals surface area contributed by atoms with Gasteiger partial charge in [0.25, 0.3) is 0 Å². The van der Waals surface area contributed by atoms with Crippen LogP contribution in [0.15, 0.2) is 0 Å². The van der Waals surface area contributed by atoms with Gasteiger partial charge in [0.05, 0.1) is 0 Å². The fourth-order valence-corrected chi connectivity index (χ4v) is 1.50. The van der Waals surface area contributed by atoms with Gasteiger partial charge in [-0.3, -0.25) is 0 Å². The Morgan fingerprint density at radius 1 is 0.500 bits per heavy atom. The minimum absolute atomic E-state index is 0.775. The maximum absolute atomic E-state index is 8.97. The van der Waals surface area contributed by atoms with Gasteiger partial charge in [0.15, 0.2) is 0 Å². The molecule has 1 aliphatic rings. The summed E-state index contributed by atoms with van der Waals surface area (Å²) >= 11 is 0. The molecule has 0 aromatic rings. The quantitative estimate of drug-likeness (QED) is 0.238. The standard InChI is InChI=1S/C6H12O6.C4H12N2/c7-1-2(8)4(10)6(12)5(11)3(1)9;5-3-1-2-4-6/h1-12H;1-6H2. The summed E-state index contributed by atoms with van der Waals surface area (Å²) in [4.78, 5) is 0. The third-order valence-electron chi connectivity index (χ3n) is 2.76. The molecule has 0 spiro atoms. The normalized spacial score (nSPS) is 40.0. The number of nitrogens with two attached hydrogens (primary N) is 2. The molecule has 0 heterocycles. The lowest BCUT2D eigenvalue weighted by molar-refractivity contribution is -0.223. The van der Waals surface area contributed by atoms with E-state index in [1.54, 1.807) is 0 Å². The number of aliphatic hydroxyl groups is 6. The Bertz CT molecular complexity index is 158. The van der Waals surface area contributed by atoms with Crippen LogP contribution in [-0.4, -0.2) is 80.4 Å². The molecule has 0 aromatic heterocycles. The molecule has 18 heavy (non-hydrogen) atoms. The lowest BCUT2D eigenvalue weighted by Crippen LogP contribution is -2.63. The van der Waals surface area contributed by atoms with Crippen LogP contribution in [0.1, 0.15) is 12.8 Å². The van der Waals surface area contributed by atoms with E-state index in [2.05, 4.69) is 0 Å². The summed E-state index contributed by atoms with van der Waals surface area (Å²) in [6, 6.07) is 0. The summed E-state index contributed by atoms with van der Waals surface area (Å²) in [7, 11) is 0. The van der Waals surface area contributed by atoms with E-state index in [9.17, 15) is 0 Å². The van der Waals surface area contributed by atoms with Crippen molar-refractivity contribution in [2.75, 3.05) is 13.1 Å². The SMILES string of the molecule is NCCCCN.OC1C(O)C(O)C(O)C(O)C1O. The van der Waals surface area contributed by atoms with Crippen molar-refractivity contribution in [3.8, 4) is 0 Å². The largest absolute Gasteiger partial charge is 0.387 e. The number of hydrogen-bond acceptors (Lipinski definition) is 8. The van der Waals surface area contributed by atoms with Gasteiger partial charge >= 0.3 is 0 Å². The van der Waals surface area contributed by atoms with Gasteiger partial charge in [-0.2, -0.15) is 0 Å². The summed E-state index contributed by atoms with van der Waals surface area (Å²) in [6.07, 6.45) is -7.71. The van der Waals surface area contributed by atoms with Crippen LogP contribution in [0, 0.1) is 0 Å². The molecule has 0 unspecified atom stereocenters. The number of unbranched alkanes of at least 4 members (excludes halogenated alkanes) is 1. The van der Waals surface area contributed by atoms with E-state index < -0.39 is 36.6 Å². The minimum Gasteiger partial charge on any atom is -0.387 e. The van der Waals surface area contributed by atoms with Gasteiger partial charge in [-0.25, -0.2) is 0 Å². The minimum atomic E-state index is -1.64. The maximum atomic E-state index is 8.97. The van der Waals surface area contributed by atoms with E-state index in [0.29, 0.717) is 0 Å². The number of hydrogen-bond donors (Lipinski definition) is 8. The van der Waals surface area contributed by atoms with Crippen LogP contribution >= 0.6 is 0 Å². The van der Waals surface area contributed by atoms with Crippen LogP contribution in [0.2, 0.25) is 0 Å². The Morgan fingerprint density at radius 3 is 0.778 bits per heavy atom. The van der Waals surface area contributed by atoms with Gasteiger partial charge < -0.3 is 42.1 Å². The molecule has 0 saturated heterocycles. The highest BCUT2D eigenvalue weighted by Gasteiger charge is 2.47. The van der Waals surface area contributed by atoms with Crippen molar-refractivity contribution >= 4 is 0 Å². The van der Waals surface area contributed by atoms with E-state index >= 15 is 0 Å². The Morgan fingerprint density at radius 2 is 0.667 bits per heavy atom. The van der Waals surface area contributed by atoms with Gasteiger partial charge in [0, 0.05) is 0 Å². The highest BCUT2D eigenvalue weighted by atomic mass is 16.4. The van der Waals surface area contributed by atoms with Crippen molar-refractivity contribution < 1.29 is 30.6 Å². The van der Waals surface area contributed by atoms with Gasteiger partial charge in [-0.05, 0) is 25.9 Å². The zero-order valence-corrected chi connectivity index (χ0v) is 10.1. The Labute approximate surface area is 105 Å². The third-order valence-corrected chi connectivity index (χ3v) is 2.76. The first-order valence-corrected chi connectivity index (χ1v) is 5.87. The van der Waals surface area contributed by atoms with Gasteiger partial charge in [-0.15, -0.1) is 0 Å². The van der Waals surface area contributed by atoms with E-state index in [0.717, 1.165) is 25.9 Å². The molecule has 110 valence electrons. The van der Waals surface area contributed by atoms with Gasteiger partial charge in [0.1, 0.15) is 36.6 Å². The average Bonchev–Trinajstić information content (AvgIpc) is 2.39. The van der Waals surface area contributed by atoms with E-state index in [-0.39, 0.29) is 0 Å². The molecule has 8 nitrogen and oxygen atoms in total. The van der Waals surface area contributed by atoms with E-state index in [4.69, 9.17) is 42.1 Å². The number of rotatable bonds is 3. The Hall–Kier alpha value is -0.320. The molecule has 1 rings (SSSR count). The van der Waals surface area contributed by atoms with Gasteiger partial charge in [0.2, 0.25) is 0 Å². The molecule has 1 saturated carbocycles. The molecule has 0 radical (unpaired) electrons. The highest BCUT2D eigenvalue weighted by Crippen LogP contribution is 2.20. The number of aliphatic hydroxyl groups excluding tert-OH is 6. The zero-order valence-electron chi connectivity index (χ0n) is 10.1. The summed E-state index contributed by atoms with van der Waals surface area (Å²) in [6.45, 7) is 1.55. The molecule has 8 heteroatoms. The maximum Gasteiger partial charge on any atom is 0.111 e. The molecular weight excluding hydrogens is 244 g/mol. The summed E-state index contributed by atoms with van der Waals surface area (Å²) in [5.74, 6) is 0.